The van der Waals surface area contributed by atoms with Crippen LogP contribution in [-0.4, -0.2) is 52.6 Å². The van der Waals surface area contributed by atoms with Gasteiger partial charge in [-0.1, -0.05) is 6.07 Å². The fourth-order valence-electron chi connectivity index (χ4n) is 4.80. The fraction of sp³-hybridized carbons (Fsp3) is 0.242. The van der Waals surface area contributed by atoms with Gasteiger partial charge in [-0.25, -0.2) is 0 Å². The highest BCUT2D eigenvalue weighted by atomic mass is 79.9. The van der Waals surface area contributed by atoms with Crippen molar-refractivity contribution in [1.29, 1.82) is 0 Å². The number of rotatable bonds is 11. The van der Waals surface area contributed by atoms with E-state index in [1.54, 1.807) is 36.4 Å². The van der Waals surface area contributed by atoms with E-state index < -0.39 is 5.43 Å². The van der Waals surface area contributed by atoms with E-state index in [0.717, 1.165) is 22.9 Å². The van der Waals surface area contributed by atoms with Crippen molar-refractivity contribution in [2.45, 2.75) is 13.3 Å². The van der Waals surface area contributed by atoms with Crippen LogP contribution >= 0.6 is 27.7 Å². The molecule has 0 atom stereocenters. The summed E-state index contributed by atoms with van der Waals surface area (Å²) in [6, 6.07) is 13.7. The van der Waals surface area contributed by atoms with Gasteiger partial charge in [-0.15, -0.1) is 0 Å². The van der Waals surface area contributed by atoms with Crippen LogP contribution in [0.25, 0.3) is 27.9 Å². The van der Waals surface area contributed by atoms with E-state index in [9.17, 15) is 14.4 Å². The second kappa shape index (κ2) is 13.7. The Morgan fingerprint density at radius 1 is 0.822 bits per heavy atom. The van der Waals surface area contributed by atoms with Crippen molar-refractivity contribution in [3.8, 4) is 45.8 Å². The van der Waals surface area contributed by atoms with Crippen LogP contribution < -0.4 is 33.8 Å². The van der Waals surface area contributed by atoms with E-state index >= 15 is 0 Å². The Hall–Kier alpha value is -4.42. The molecule has 1 saturated heterocycles. The molecule has 12 heteroatoms. The van der Waals surface area contributed by atoms with Gasteiger partial charge in [0.25, 0.3) is 0 Å². The molecule has 5 rings (SSSR count). The molecule has 0 radical (unpaired) electrons. The van der Waals surface area contributed by atoms with Crippen molar-refractivity contribution < 1.29 is 42.4 Å². The molecule has 2 heterocycles. The first kappa shape index (κ1) is 32.0. The summed E-state index contributed by atoms with van der Waals surface area (Å²) < 4.78 is 40.6. The van der Waals surface area contributed by atoms with Crippen LogP contribution in [-0.2, 0) is 9.59 Å². The first-order chi connectivity index (χ1) is 21.7. The lowest BCUT2D eigenvalue weighted by Gasteiger charge is -2.16. The predicted octanol–water partition coefficient (Wildman–Crippen LogP) is 6.68. The van der Waals surface area contributed by atoms with E-state index in [1.807, 2.05) is 19.1 Å². The third kappa shape index (κ3) is 6.52. The number of thioether (sulfide) groups is 1. The van der Waals surface area contributed by atoms with Crippen LogP contribution in [0.1, 0.15) is 18.9 Å². The number of Topliss-reactive ketones (excluding diaryl/α,β-unsaturated/α-hetero) is 1. The number of ketones is 1. The molecular weight excluding hydrogens is 668 g/mol. The van der Waals surface area contributed by atoms with Gasteiger partial charge in [-0.2, -0.15) is 0 Å². The number of halogens is 1. The minimum Gasteiger partial charge on any atom is -0.496 e. The fourth-order valence-corrected chi connectivity index (χ4v) is 6.18. The van der Waals surface area contributed by atoms with E-state index in [1.165, 1.54) is 28.4 Å². The normalized spacial score (nSPS) is 14.0. The maximum Gasteiger partial charge on any atom is 0.239 e. The van der Waals surface area contributed by atoms with Gasteiger partial charge in [0.05, 0.1) is 44.2 Å². The average molecular weight is 698 g/mol. The second-order valence-corrected chi connectivity index (χ2v) is 11.7. The van der Waals surface area contributed by atoms with Gasteiger partial charge < -0.3 is 32.8 Å². The lowest BCUT2D eigenvalue weighted by atomic mass is 10.1. The predicted molar refractivity (Wildman–Crippen MR) is 174 cm³/mol. The highest BCUT2D eigenvalue weighted by molar-refractivity contribution is 9.10. The summed E-state index contributed by atoms with van der Waals surface area (Å²) in [6.45, 7) is 1.90. The van der Waals surface area contributed by atoms with Crippen molar-refractivity contribution in [1.82, 2.24) is 0 Å². The van der Waals surface area contributed by atoms with Crippen LogP contribution in [0.15, 0.2) is 67.1 Å². The summed E-state index contributed by atoms with van der Waals surface area (Å²) in [5.41, 5.74) is 1.85. The van der Waals surface area contributed by atoms with Crippen LogP contribution in [0.2, 0.25) is 0 Å². The number of ether oxygens (including phenoxy) is 6. The Morgan fingerprint density at radius 2 is 1.53 bits per heavy atom. The number of carbonyl (C=O) groups is 2. The largest absolute Gasteiger partial charge is 0.496 e. The second-order valence-electron chi connectivity index (χ2n) is 9.73. The quantitative estimate of drug-likeness (QED) is 0.0949. The Bertz CT molecular complexity index is 1900. The monoisotopic (exact) mass is 696 g/mol. The number of fused-ring (bicyclic) bond motifs is 1. The lowest BCUT2D eigenvalue weighted by molar-refractivity contribution is -0.119. The maximum absolute atomic E-state index is 13.9. The van der Waals surface area contributed by atoms with Gasteiger partial charge in [0.2, 0.25) is 16.3 Å². The number of hydrogen-bond donors (Lipinski definition) is 0. The van der Waals surface area contributed by atoms with Crippen molar-refractivity contribution in [3.63, 3.8) is 0 Å². The summed E-state index contributed by atoms with van der Waals surface area (Å²) in [6.07, 6.45) is -0.0794. The van der Waals surface area contributed by atoms with Gasteiger partial charge in [-0.3, -0.25) is 14.4 Å². The zero-order valence-corrected chi connectivity index (χ0v) is 27.5. The Labute approximate surface area is 271 Å². The molecule has 0 N–H and O–H groups in total. The van der Waals surface area contributed by atoms with Crippen LogP contribution in [0.5, 0.6) is 34.5 Å². The maximum atomic E-state index is 13.9. The van der Waals surface area contributed by atoms with Crippen molar-refractivity contribution >= 4 is 55.1 Å². The van der Waals surface area contributed by atoms with E-state index in [0.29, 0.717) is 37.9 Å². The molecule has 0 amide bonds. The molecule has 4 aromatic rings. The molecule has 234 valence electrons. The molecular formula is C33H29BrO10S. The molecule has 0 spiro atoms. The van der Waals surface area contributed by atoms with Crippen molar-refractivity contribution in [3.05, 3.63) is 73.7 Å². The topological polar surface area (TPSA) is 120 Å². The third-order valence-electron chi connectivity index (χ3n) is 7.06. The molecule has 0 aliphatic carbocycles. The first-order valence-corrected chi connectivity index (χ1v) is 15.3. The highest BCUT2D eigenvalue weighted by Gasteiger charge is 2.28. The number of benzene rings is 3. The Morgan fingerprint density at radius 3 is 2.18 bits per heavy atom. The SMILES string of the molecule is COc1cc(OC)c2c(=O)c(OCCOc3ccc(/C(C)=C4\SC(=O)CC4=O)cc3Br)c(-c3ccc(OC)c(OC)c3)oc2c1. The van der Waals surface area contributed by atoms with Crippen molar-refractivity contribution in [2.24, 2.45) is 0 Å². The standard InChI is InChI=1S/C33H29BrO10S/c1-17(33-22(35)16-28(36)45-33)18-6-8-23(21(34)12-18)42-10-11-43-32-30(37)29-26(41-5)14-20(38-2)15-27(29)44-31(32)19-7-9-24(39-3)25(13-19)40-4/h6-9,12-15H,10-11,16H2,1-5H3/b33-17-. The Balaban J connectivity index is 1.43. The Kier molecular flexibility index (Phi) is 9.74. The number of hydrogen-bond acceptors (Lipinski definition) is 11. The zero-order chi connectivity index (χ0) is 32.2. The van der Waals surface area contributed by atoms with Crippen LogP contribution in [0.3, 0.4) is 0 Å². The summed E-state index contributed by atoms with van der Waals surface area (Å²) in [5, 5.41) is 0.0446. The van der Waals surface area contributed by atoms with Gasteiger partial charge in [0, 0.05) is 17.7 Å². The van der Waals surface area contributed by atoms with Gasteiger partial charge in [-0.05, 0) is 76.1 Å². The van der Waals surface area contributed by atoms with E-state index in [2.05, 4.69) is 15.9 Å². The summed E-state index contributed by atoms with van der Waals surface area (Å²) in [7, 11) is 6.01. The molecule has 3 aromatic carbocycles. The minimum atomic E-state index is -0.438. The molecule has 1 aliphatic heterocycles. The lowest BCUT2D eigenvalue weighted by Crippen LogP contribution is -2.16. The molecule has 45 heavy (non-hydrogen) atoms. The third-order valence-corrected chi connectivity index (χ3v) is 8.79. The van der Waals surface area contributed by atoms with E-state index in [-0.39, 0.29) is 58.8 Å². The molecule has 0 unspecified atom stereocenters. The summed E-state index contributed by atoms with van der Waals surface area (Å²) in [5.74, 6) is 2.18. The van der Waals surface area contributed by atoms with Crippen molar-refractivity contribution in [2.75, 3.05) is 41.7 Å². The number of allylic oxidation sites excluding steroid dienone is 2. The van der Waals surface area contributed by atoms with Crippen LogP contribution in [0, 0.1) is 0 Å². The number of carbonyl (C=O) groups excluding carboxylic acids is 2. The molecule has 1 fully saturated rings. The number of methoxy groups -OCH3 is 4. The smallest absolute Gasteiger partial charge is 0.239 e. The summed E-state index contributed by atoms with van der Waals surface area (Å²) in [4.78, 5) is 38.2. The molecule has 1 aromatic heterocycles. The minimum absolute atomic E-state index is 0.000446. The van der Waals surface area contributed by atoms with Gasteiger partial charge in [0.15, 0.2) is 23.0 Å². The molecule has 0 saturated carbocycles. The first-order valence-electron chi connectivity index (χ1n) is 13.6. The average Bonchev–Trinajstić information content (AvgIpc) is 3.39. The summed E-state index contributed by atoms with van der Waals surface area (Å²) >= 11 is 4.50. The molecule has 1 aliphatic rings. The highest BCUT2D eigenvalue weighted by Crippen LogP contribution is 2.40. The molecule has 10 nitrogen and oxygen atoms in total. The zero-order valence-electron chi connectivity index (χ0n) is 25.1. The molecule has 0 bridgehead atoms. The van der Waals surface area contributed by atoms with E-state index in [4.69, 9.17) is 32.8 Å². The van der Waals surface area contributed by atoms with Gasteiger partial charge in [0.1, 0.15) is 41.4 Å². The van der Waals surface area contributed by atoms with Gasteiger partial charge >= 0.3 is 0 Å². The van der Waals surface area contributed by atoms with Crippen LogP contribution in [0.4, 0.5) is 0 Å².